The predicted molar refractivity (Wildman–Crippen MR) is 245 cm³/mol. The molecule has 0 aromatic heterocycles. The highest BCUT2D eigenvalue weighted by Crippen LogP contribution is 2.41. The smallest absolute Gasteiger partial charge is 0.380 e. The third-order valence-electron chi connectivity index (χ3n) is 12.0. The highest BCUT2D eigenvalue weighted by Gasteiger charge is 2.48. The van der Waals surface area contributed by atoms with Crippen LogP contribution in [0.3, 0.4) is 0 Å². The van der Waals surface area contributed by atoms with Gasteiger partial charge in [0, 0.05) is 80.3 Å². The van der Waals surface area contributed by atoms with E-state index >= 15 is 0 Å². The maximum absolute atomic E-state index is 14.2. The Morgan fingerprint density at radius 2 is 1.59 bits per heavy atom. The Bertz CT molecular complexity index is 2310. The second-order valence-corrected chi connectivity index (χ2v) is 22.3. The number of carbonyl (C=O) groups is 1. The van der Waals surface area contributed by atoms with Crippen molar-refractivity contribution in [1.82, 2.24) is 14.5 Å². The van der Waals surface area contributed by atoms with Gasteiger partial charge in [0.25, 0.3) is 25.8 Å². The van der Waals surface area contributed by atoms with Gasteiger partial charge < -0.3 is 15.0 Å². The van der Waals surface area contributed by atoms with Gasteiger partial charge in [-0.15, -0.1) is 18.3 Å². The Morgan fingerprint density at radius 1 is 0.905 bits per heavy atom. The van der Waals surface area contributed by atoms with Crippen molar-refractivity contribution in [3.63, 3.8) is 0 Å². The number of amides is 1. The fraction of sp³-hybridized carbons (Fsp3) is 0.500. The van der Waals surface area contributed by atoms with Crippen LogP contribution in [0.2, 0.25) is 0 Å². The number of piperazine rings is 1. The summed E-state index contributed by atoms with van der Waals surface area (Å²) in [7, 11) is -10.9. The summed E-state index contributed by atoms with van der Waals surface area (Å²) >= 11 is 1.45. The minimum atomic E-state index is -6.04. The summed E-state index contributed by atoms with van der Waals surface area (Å²) in [6, 6.07) is 17.8. The average molecular weight is 932 g/mol. The van der Waals surface area contributed by atoms with Crippen LogP contribution < -0.4 is 14.9 Å². The first kappa shape index (κ1) is 48.6. The van der Waals surface area contributed by atoms with Crippen LogP contribution in [-0.2, 0) is 24.6 Å². The number of nitrogens with zero attached hydrogens (tertiary/aromatic N) is 3. The minimum Gasteiger partial charge on any atom is -0.380 e. The van der Waals surface area contributed by atoms with Gasteiger partial charge in [-0.25, -0.2) is 21.6 Å². The molecule has 344 valence electrons. The maximum atomic E-state index is 14.2. The summed E-state index contributed by atoms with van der Waals surface area (Å²) in [5.41, 5.74) is -0.642. The quantitative estimate of drug-likeness (QED) is 0.0944. The van der Waals surface area contributed by atoms with Gasteiger partial charge in [0.2, 0.25) is 0 Å². The summed E-state index contributed by atoms with van der Waals surface area (Å²) in [4.78, 5) is 19.0. The Labute approximate surface area is 375 Å². The van der Waals surface area contributed by atoms with Crippen molar-refractivity contribution in [2.75, 3.05) is 81.5 Å². The summed E-state index contributed by atoms with van der Waals surface area (Å²) in [6.45, 7) is 18.1. The molecule has 63 heavy (non-hydrogen) atoms. The topological polar surface area (TPSA) is 128 Å². The van der Waals surface area contributed by atoms with E-state index in [1.807, 2.05) is 35.1 Å². The number of rotatable bonds is 18. The number of halogens is 3. The van der Waals surface area contributed by atoms with Crippen LogP contribution in [0.15, 0.2) is 111 Å². The van der Waals surface area contributed by atoms with E-state index < -0.39 is 52.8 Å². The molecule has 1 atom stereocenters. The number of benzene rings is 3. The van der Waals surface area contributed by atoms with E-state index in [-0.39, 0.29) is 11.0 Å². The Morgan fingerprint density at radius 3 is 2.24 bits per heavy atom. The zero-order valence-electron chi connectivity index (χ0n) is 36.4. The molecule has 0 bridgehead atoms. The molecule has 2 saturated heterocycles. The van der Waals surface area contributed by atoms with Crippen molar-refractivity contribution in [2.45, 2.75) is 85.5 Å². The van der Waals surface area contributed by atoms with Gasteiger partial charge in [-0.2, -0.15) is 13.2 Å². The molecule has 0 unspecified atom stereocenters. The van der Waals surface area contributed by atoms with E-state index in [1.165, 1.54) is 35.9 Å². The molecule has 2 aliphatic heterocycles. The van der Waals surface area contributed by atoms with Crippen molar-refractivity contribution in [3.05, 3.63) is 102 Å². The summed E-state index contributed by atoms with van der Waals surface area (Å²) in [5.74, 6) is -0.639. The van der Waals surface area contributed by atoms with Crippen molar-refractivity contribution in [3.8, 4) is 0 Å². The molecule has 0 radical (unpaired) electrons. The number of alkyl halides is 3. The standard InChI is InChI=1S/C46H60F3N5O6S3/c1-34(2)10-11-35-18-20-45(3,4)31-37(35)32-53-22-24-54(25-23-53)39-14-12-36(13-15-39)44(55)51-63(58,59)41-16-17-42(43(30-41)62(56,57)46(47,48)49)50-38(19-21-52-26-28-60-29-27-52)33-61-40-8-6-5-7-9-40/h5-9,12-17,30,38,50H,1,10-11,18-29,31-33H2,2-4H3,(H,51,55)/t38-/m1/s1. The minimum absolute atomic E-state index is 0.00977. The van der Waals surface area contributed by atoms with Crippen molar-refractivity contribution < 1.29 is 39.5 Å². The van der Waals surface area contributed by atoms with Crippen molar-refractivity contribution in [1.29, 1.82) is 0 Å². The number of hydrogen-bond donors (Lipinski definition) is 2. The number of thioether (sulfide) groups is 1. The maximum Gasteiger partial charge on any atom is 0.501 e. The third-order valence-corrected chi connectivity index (χ3v) is 16.0. The van der Waals surface area contributed by atoms with Gasteiger partial charge >= 0.3 is 5.51 Å². The SMILES string of the molecule is C=C(C)CCC1=C(CN2CCN(c3ccc(C(=O)NS(=O)(=O)c4ccc(N[C@H](CCN5CCOCC5)CSc5ccccc5)c(S(=O)(=O)C(F)(F)F)c4)cc3)CC2)CC(C)(C)CC1. The van der Waals surface area contributed by atoms with E-state index in [9.17, 15) is 34.8 Å². The van der Waals surface area contributed by atoms with E-state index in [4.69, 9.17) is 4.74 Å². The van der Waals surface area contributed by atoms with Crippen LogP contribution in [0.1, 0.15) is 69.7 Å². The summed E-state index contributed by atoms with van der Waals surface area (Å²) in [6.07, 6.45) is 5.95. The molecule has 3 aliphatic rings. The number of sulfonamides is 1. The molecule has 17 heteroatoms. The third kappa shape index (κ3) is 13.3. The van der Waals surface area contributed by atoms with Gasteiger partial charge in [-0.05, 0) is 105 Å². The van der Waals surface area contributed by atoms with Gasteiger partial charge in [0.1, 0.15) is 4.90 Å². The predicted octanol–water partition coefficient (Wildman–Crippen LogP) is 8.38. The number of carbonyl (C=O) groups excluding carboxylic acids is 1. The lowest BCUT2D eigenvalue weighted by molar-refractivity contribution is -0.0435. The van der Waals surface area contributed by atoms with Crippen LogP contribution in [-0.4, -0.2) is 115 Å². The van der Waals surface area contributed by atoms with E-state index in [0.29, 0.717) is 51.1 Å². The zero-order chi connectivity index (χ0) is 45.4. The van der Waals surface area contributed by atoms with Crippen LogP contribution in [0, 0.1) is 5.41 Å². The molecule has 2 heterocycles. The van der Waals surface area contributed by atoms with Crippen LogP contribution in [0.4, 0.5) is 24.5 Å². The number of sulfone groups is 1. The van der Waals surface area contributed by atoms with Crippen molar-refractivity contribution >= 4 is 48.9 Å². The van der Waals surface area contributed by atoms with Gasteiger partial charge in [0.15, 0.2) is 0 Å². The lowest BCUT2D eigenvalue weighted by Crippen LogP contribution is -2.47. The highest BCUT2D eigenvalue weighted by atomic mass is 32.2. The van der Waals surface area contributed by atoms with E-state index in [1.54, 1.807) is 23.3 Å². The molecule has 2 N–H and O–H groups in total. The van der Waals surface area contributed by atoms with Crippen LogP contribution in [0.5, 0.6) is 0 Å². The molecule has 1 amide bonds. The molecule has 6 rings (SSSR count). The number of allylic oxidation sites excluding steroid dienone is 2. The average Bonchev–Trinajstić information content (AvgIpc) is 3.24. The number of ether oxygens (including phenoxy) is 1. The normalized spacial score (nSPS) is 18.5. The number of anilines is 2. The molecular weight excluding hydrogens is 872 g/mol. The summed E-state index contributed by atoms with van der Waals surface area (Å²) in [5, 5.41) is 2.99. The second-order valence-electron chi connectivity index (χ2n) is 17.6. The fourth-order valence-corrected chi connectivity index (χ4v) is 11.2. The molecule has 0 spiro atoms. The molecule has 2 fully saturated rings. The van der Waals surface area contributed by atoms with Crippen molar-refractivity contribution in [2.24, 2.45) is 5.41 Å². The zero-order valence-corrected chi connectivity index (χ0v) is 38.8. The Kier molecular flexibility index (Phi) is 16.2. The fourth-order valence-electron chi connectivity index (χ4n) is 8.22. The van der Waals surface area contributed by atoms with Gasteiger partial charge in [0.05, 0.1) is 23.8 Å². The molecule has 0 saturated carbocycles. The molecule has 1 aliphatic carbocycles. The highest BCUT2D eigenvalue weighted by molar-refractivity contribution is 7.99. The lowest BCUT2D eigenvalue weighted by Gasteiger charge is -2.39. The Hall–Kier alpha value is -3.87. The molecular formula is C46H60F3N5O6S3. The number of morpholine rings is 1. The molecule has 3 aromatic carbocycles. The second kappa shape index (κ2) is 21.0. The summed E-state index contributed by atoms with van der Waals surface area (Å²) < 4.78 is 103. The number of nitrogens with one attached hydrogen (secondary N) is 2. The van der Waals surface area contributed by atoms with E-state index in [2.05, 4.69) is 47.4 Å². The lowest BCUT2D eigenvalue weighted by atomic mass is 9.73. The first-order valence-electron chi connectivity index (χ1n) is 21.5. The van der Waals surface area contributed by atoms with Crippen LogP contribution >= 0.6 is 11.8 Å². The van der Waals surface area contributed by atoms with Crippen LogP contribution in [0.25, 0.3) is 0 Å². The first-order chi connectivity index (χ1) is 29.8. The van der Waals surface area contributed by atoms with Gasteiger partial charge in [-0.3, -0.25) is 14.6 Å². The van der Waals surface area contributed by atoms with E-state index in [0.717, 1.165) is 81.1 Å². The largest absolute Gasteiger partial charge is 0.501 e. The van der Waals surface area contributed by atoms with Gasteiger partial charge in [-0.1, -0.05) is 48.8 Å². The molecule has 3 aromatic rings. The monoisotopic (exact) mass is 931 g/mol. The first-order valence-corrected chi connectivity index (χ1v) is 25.4. The number of hydrogen-bond acceptors (Lipinski definition) is 11. The Balaban J connectivity index is 1.12. The molecule has 11 nitrogen and oxygen atoms in total.